The molecular weight excluding hydrogens is 1270 g/mol. The monoisotopic (exact) mass is 1400 g/mol. The quantitative estimate of drug-likeness (QED) is 0.0146. The summed E-state index contributed by atoms with van der Waals surface area (Å²) in [6, 6.07) is 0. The molecule has 0 aromatic heterocycles. The number of aliphatic hydroxyl groups excluding tert-OH is 2. The summed E-state index contributed by atoms with van der Waals surface area (Å²) in [5.41, 5.74) is 0. The van der Waals surface area contributed by atoms with Crippen LogP contribution >= 0.6 is 15.6 Å². The molecule has 0 heterocycles. The maximum atomic E-state index is 12.9. The maximum Gasteiger partial charge on any atom is 0.472 e. The highest BCUT2D eigenvalue weighted by molar-refractivity contribution is 7.47. The maximum absolute atomic E-state index is 12.9. The number of rotatable bonds is 68. The van der Waals surface area contributed by atoms with E-state index in [1.165, 1.54) is 32.1 Å². The minimum Gasteiger partial charge on any atom is -0.463 e. The number of esters is 3. The lowest BCUT2D eigenvalue weighted by molar-refractivity contribution is -0.161. The molecule has 0 radical (unpaired) electrons. The van der Waals surface area contributed by atoms with Crippen molar-refractivity contribution in [2.24, 2.45) is 0 Å². The summed E-state index contributed by atoms with van der Waals surface area (Å²) in [7, 11) is -9.81. The van der Waals surface area contributed by atoms with Crippen molar-refractivity contribution in [3.63, 3.8) is 0 Å². The van der Waals surface area contributed by atoms with Crippen molar-refractivity contribution >= 4 is 33.6 Å². The predicted octanol–water partition coefficient (Wildman–Crippen LogP) is 21.1. The molecule has 0 saturated carbocycles. The fourth-order valence-electron chi connectivity index (χ4n) is 9.23. The Morgan fingerprint density at radius 3 is 0.814 bits per heavy atom. The number of carbonyl (C=O) groups excluding carboxylic acids is 3. The SMILES string of the molecule is CC/C=C\C/C=C\C/C=C\C/C=C\C/C=C\C/C=C\CCCCCCCCCCCCC(=O)OCC(O)COP(=O)(O)OCC(O)COP(=O)(O)OCC(COC(=O)CCCCCC/C=C\C/C=C\C/C=C\C/C=C\CC)OC(=O)CCCCCCC/C=C\C/C=C\C/C=C\CC. The summed E-state index contributed by atoms with van der Waals surface area (Å²) in [5.74, 6) is -1.64. The smallest absolute Gasteiger partial charge is 0.463 e. The largest absolute Gasteiger partial charge is 0.472 e. The third-order valence-electron chi connectivity index (χ3n) is 14.7. The van der Waals surface area contributed by atoms with Gasteiger partial charge in [0.15, 0.2) is 6.10 Å². The summed E-state index contributed by atoms with van der Waals surface area (Å²) in [6.45, 7) is 2.26. The van der Waals surface area contributed by atoms with Crippen molar-refractivity contribution < 1.29 is 75.8 Å². The highest BCUT2D eigenvalue weighted by Gasteiger charge is 2.29. The minimum absolute atomic E-state index is 0.0746. The number of phosphoric ester groups is 2. The molecule has 0 amide bonds. The second-order valence-electron chi connectivity index (χ2n) is 23.9. The average Bonchev–Trinajstić information content (AvgIpc) is 1.48. The van der Waals surface area contributed by atoms with Crippen molar-refractivity contribution in [1.82, 2.24) is 0 Å². The summed E-state index contributed by atoms with van der Waals surface area (Å²) >= 11 is 0. The van der Waals surface area contributed by atoms with Crippen LogP contribution < -0.4 is 0 Å². The molecule has 5 atom stereocenters. The molecule has 0 fully saturated rings. The predicted molar refractivity (Wildman–Crippen MR) is 399 cm³/mol. The van der Waals surface area contributed by atoms with Crippen LogP contribution in [0.15, 0.2) is 158 Å². The van der Waals surface area contributed by atoms with Gasteiger partial charge in [-0.2, -0.15) is 0 Å². The molecule has 97 heavy (non-hydrogen) atoms. The molecule has 0 spiro atoms. The van der Waals surface area contributed by atoms with Gasteiger partial charge in [-0.05, 0) is 141 Å². The van der Waals surface area contributed by atoms with Crippen LogP contribution in [-0.2, 0) is 55.8 Å². The summed E-state index contributed by atoms with van der Waals surface area (Å²) in [6.07, 6.45) is 87.3. The van der Waals surface area contributed by atoms with Gasteiger partial charge in [-0.25, -0.2) is 9.13 Å². The van der Waals surface area contributed by atoms with Gasteiger partial charge in [-0.1, -0.05) is 262 Å². The molecule has 0 aromatic rings. The zero-order valence-electron chi connectivity index (χ0n) is 59.9. The molecule has 0 aliphatic heterocycles. The highest BCUT2D eigenvalue weighted by Crippen LogP contribution is 2.45. The number of allylic oxidation sites excluding steroid dienone is 26. The molecule has 0 saturated heterocycles. The topological polar surface area (TPSA) is 231 Å². The van der Waals surface area contributed by atoms with Crippen LogP contribution in [0.1, 0.15) is 265 Å². The molecule has 0 aliphatic rings. The van der Waals surface area contributed by atoms with E-state index in [2.05, 4.69) is 179 Å². The van der Waals surface area contributed by atoms with Gasteiger partial charge in [0, 0.05) is 19.3 Å². The third-order valence-corrected chi connectivity index (χ3v) is 16.6. The Bertz CT molecular complexity index is 2400. The highest BCUT2D eigenvalue weighted by atomic mass is 31.2. The lowest BCUT2D eigenvalue weighted by Gasteiger charge is -2.21. The summed E-state index contributed by atoms with van der Waals surface area (Å²) in [4.78, 5) is 58.5. The average molecular weight is 1400 g/mol. The molecule has 0 rings (SSSR count). The second kappa shape index (κ2) is 71.0. The van der Waals surface area contributed by atoms with Gasteiger partial charge in [-0.15, -0.1) is 0 Å². The first-order valence-electron chi connectivity index (χ1n) is 36.8. The molecule has 16 nitrogen and oxygen atoms in total. The van der Waals surface area contributed by atoms with E-state index in [4.69, 9.17) is 32.3 Å². The van der Waals surface area contributed by atoms with Gasteiger partial charge in [0.05, 0.1) is 26.4 Å². The Hall–Kier alpha value is -4.83. The number of hydrogen-bond donors (Lipinski definition) is 4. The number of hydrogen-bond acceptors (Lipinski definition) is 14. The zero-order valence-corrected chi connectivity index (χ0v) is 61.7. The standard InChI is InChI=1S/C79H130O16P2/c1-4-7-10-13-16-19-22-25-28-30-31-32-33-34-35-36-37-38-39-40-41-43-46-47-50-53-56-59-62-65-77(82)89-68-74(80)69-91-96(85,86)92-70-75(81)71-93-97(87,88)94-73-76(95-79(84)67-64-61-58-55-52-49-44-27-24-21-18-15-12-9-6-3)72-90-78(83)66-63-60-57-54-51-48-45-42-29-26-23-20-17-14-11-8-5-2/h7-12,16-21,25-29,31-32,34-35,37-38,44-45,48,74-76,80-81H,4-6,13-15,22-24,30,33,36,39-43,46-47,49-73H2,1-3H3,(H,85,86)(H,87,88)/b10-7-,11-8-,12-9-,19-16-,20-17-,21-18-,28-25-,29-26-,32-31-,35-34-,38-37-,44-27-,48-45-. The first-order valence-corrected chi connectivity index (χ1v) is 39.8. The molecule has 552 valence electrons. The molecule has 5 unspecified atom stereocenters. The van der Waals surface area contributed by atoms with Crippen molar-refractivity contribution in [3.8, 4) is 0 Å². The van der Waals surface area contributed by atoms with Gasteiger partial charge in [0.25, 0.3) is 0 Å². The van der Waals surface area contributed by atoms with Crippen molar-refractivity contribution in [3.05, 3.63) is 158 Å². The van der Waals surface area contributed by atoms with Gasteiger partial charge >= 0.3 is 33.6 Å². The van der Waals surface area contributed by atoms with E-state index in [1.807, 2.05) is 0 Å². The van der Waals surface area contributed by atoms with Crippen LogP contribution in [0.2, 0.25) is 0 Å². The Morgan fingerprint density at radius 2 is 0.515 bits per heavy atom. The normalized spacial score (nSPS) is 15.0. The Morgan fingerprint density at radius 1 is 0.289 bits per heavy atom. The van der Waals surface area contributed by atoms with E-state index in [1.54, 1.807) is 0 Å². The summed E-state index contributed by atoms with van der Waals surface area (Å²) < 4.78 is 61.0. The first-order chi connectivity index (χ1) is 47.2. The van der Waals surface area contributed by atoms with Crippen LogP contribution in [0.4, 0.5) is 0 Å². The van der Waals surface area contributed by atoms with Gasteiger partial charge < -0.3 is 34.2 Å². The Kier molecular flexibility index (Phi) is 67.5. The van der Waals surface area contributed by atoms with E-state index in [-0.39, 0.29) is 19.3 Å². The van der Waals surface area contributed by atoms with E-state index in [0.717, 1.165) is 173 Å². The van der Waals surface area contributed by atoms with E-state index < -0.39 is 91.5 Å². The van der Waals surface area contributed by atoms with Gasteiger partial charge in [0.1, 0.15) is 25.4 Å². The summed E-state index contributed by atoms with van der Waals surface area (Å²) in [5, 5.41) is 20.6. The van der Waals surface area contributed by atoms with Gasteiger partial charge in [0.2, 0.25) is 0 Å². The lowest BCUT2D eigenvalue weighted by Crippen LogP contribution is -2.30. The fraction of sp³-hybridized carbons (Fsp3) is 0.633. The lowest BCUT2D eigenvalue weighted by atomic mass is 10.1. The van der Waals surface area contributed by atoms with Crippen molar-refractivity contribution in [1.29, 1.82) is 0 Å². The van der Waals surface area contributed by atoms with Crippen molar-refractivity contribution in [2.45, 2.75) is 283 Å². The van der Waals surface area contributed by atoms with Crippen LogP contribution in [0.3, 0.4) is 0 Å². The van der Waals surface area contributed by atoms with Crippen LogP contribution in [0.25, 0.3) is 0 Å². The number of unbranched alkanes of at least 4 members (excludes halogenated alkanes) is 19. The zero-order chi connectivity index (χ0) is 70.9. The van der Waals surface area contributed by atoms with Crippen LogP contribution in [0, 0.1) is 0 Å². The fourth-order valence-corrected chi connectivity index (χ4v) is 10.8. The van der Waals surface area contributed by atoms with Crippen LogP contribution in [-0.4, -0.2) is 95.9 Å². The Balaban J connectivity index is 4.56. The number of aliphatic hydroxyl groups is 2. The molecular formula is C79H130O16P2. The molecule has 0 aromatic carbocycles. The molecule has 18 heteroatoms. The third kappa shape index (κ3) is 72.2. The molecule has 4 N–H and O–H groups in total. The van der Waals surface area contributed by atoms with Crippen molar-refractivity contribution in [2.75, 3.05) is 39.6 Å². The molecule has 0 aliphatic carbocycles. The van der Waals surface area contributed by atoms with Gasteiger partial charge in [-0.3, -0.25) is 32.5 Å². The number of phosphoric acid groups is 2. The van der Waals surface area contributed by atoms with E-state index >= 15 is 0 Å². The van der Waals surface area contributed by atoms with Crippen LogP contribution in [0.5, 0.6) is 0 Å². The Labute approximate surface area is 587 Å². The first kappa shape index (κ1) is 92.2. The number of carbonyl (C=O) groups is 3. The minimum atomic E-state index is -4.94. The number of ether oxygens (including phenoxy) is 3. The van der Waals surface area contributed by atoms with E-state index in [9.17, 15) is 43.5 Å². The molecule has 0 bridgehead atoms. The second-order valence-corrected chi connectivity index (χ2v) is 26.9. The van der Waals surface area contributed by atoms with E-state index in [0.29, 0.717) is 19.3 Å².